The molecule has 0 spiro atoms. The Morgan fingerprint density at radius 3 is 2.56 bits per heavy atom. The van der Waals surface area contributed by atoms with E-state index in [1.165, 1.54) is 6.92 Å². The van der Waals surface area contributed by atoms with Gasteiger partial charge in [0.1, 0.15) is 30.1 Å². The Kier molecular flexibility index (Phi) is 8.31. The Bertz CT molecular complexity index is 936. The first kappa shape index (κ1) is 24.4. The van der Waals surface area contributed by atoms with Crippen LogP contribution in [0.25, 0.3) is 0 Å². The summed E-state index contributed by atoms with van der Waals surface area (Å²) in [5, 5.41) is 2.94. The molecule has 0 radical (unpaired) electrons. The molecule has 34 heavy (non-hydrogen) atoms. The molecule has 4 rings (SSSR count). The average Bonchev–Trinajstić information content (AvgIpc) is 2.87. The second-order valence-electron chi connectivity index (χ2n) is 8.19. The van der Waals surface area contributed by atoms with E-state index in [1.807, 2.05) is 54.6 Å². The molecular formula is C26H31NO7. The topological polar surface area (TPSA) is 84.5 Å². The van der Waals surface area contributed by atoms with Crippen molar-refractivity contribution in [1.29, 1.82) is 0 Å². The number of hydrogen-bond acceptors (Lipinski definition) is 7. The van der Waals surface area contributed by atoms with Gasteiger partial charge in [0, 0.05) is 12.5 Å². The lowest BCUT2D eigenvalue weighted by molar-refractivity contribution is -0.348. The molecule has 182 valence electrons. The summed E-state index contributed by atoms with van der Waals surface area (Å²) in [4.78, 5) is 12.1. The summed E-state index contributed by atoms with van der Waals surface area (Å²) >= 11 is 0. The molecular weight excluding hydrogens is 438 g/mol. The Morgan fingerprint density at radius 2 is 1.88 bits per heavy atom. The van der Waals surface area contributed by atoms with E-state index in [-0.39, 0.29) is 12.5 Å². The van der Waals surface area contributed by atoms with Crippen molar-refractivity contribution in [2.45, 2.75) is 50.5 Å². The fraction of sp³-hybridized carbons (Fsp3) is 0.423. The number of rotatable bonds is 9. The number of hydrogen-bond donors (Lipinski definition) is 1. The normalized spacial score (nSPS) is 28.5. The Morgan fingerprint density at radius 1 is 1.12 bits per heavy atom. The van der Waals surface area contributed by atoms with Crippen LogP contribution >= 0.6 is 0 Å². The summed E-state index contributed by atoms with van der Waals surface area (Å²) in [5.41, 5.74) is 1.86. The van der Waals surface area contributed by atoms with Gasteiger partial charge in [0.05, 0.1) is 26.9 Å². The van der Waals surface area contributed by atoms with Crippen molar-refractivity contribution in [3.05, 3.63) is 78.4 Å². The lowest BCUT2D eigenvalue weighted by atomic mass is 9.95. The predicted molar refractivity (Wildman–Crippen MR) is 124 cm³/mol. The van der Waals surface area contributed by atoms with Gasteiger partial charge in [-0.2, -0.15) is 0 Å². The molecule has 0 unspecified atom stereocenters. The maximum atomic E-state index is 12.1. The van der Waals surface area contributed by atoms with Crippen LogP contribution in [0.5, 0.6) is 5.75 Å². The lowest BCUT2D eigenvalue weighted by Gasteiger charge is -2.49. The van der Waals surface area contributed by atoms with Gasteiger partial charge >= 0.3 is 0 Å². The number of benzene rings is 2. The third-order valence-corrected chi connectivity index (χ3v) is 5.76. The summed E-state index contributed by atoms with van der Waals surface area (Å²) in [7, 11) is 1.63. The number of ether oxygens (including phenoxy) is 6. The standard InChI is InChI=1S/C26H31NO7/c1-4-14-30-26-22(27-17(2)28)24(31-15-18-10-12-20(29-3)13-11-18)23-21(33-26)16-32-25(34-23)19-8-6-5-7-9-19/h4-13,21-26H,1,14-16H2,2-3H3,(H,27,28)/t21-,22-,23-,24-,25-,26-/m1/s1. The third-order valence-electron chi connectivity index (χ3n) is 5.76. The number of carbonyl (C=O) groups excluding carboxylic acids is 1. The molecule has 2 aromatic carbocycles. The zero-order valence-corrected chi connectivity index (χ0v) is 19.4. The zero-order valence-electron chi connectivity index (χ0n) is 19.4. The first-order valence-corrected chi connectivity index (χ1v) is 11.3. The van der Waals surface area contributed by atoms with E-state index in [1.54, 1.807) is 13.2 Å². The number of nitrogens with one attached hydrogen (secondary N) is 1. The van der Waals surface area contributed by atoms with Crippen molar-refractivity contribution in [2.24, 2.45) is 0 Å². The van der Waals surface area contributed by atoms with Crippen molar-refractivity contribution >= 4 is 5.91 Å². The minimum absolute atomic E-state index is 0.219. The van der Waals surface area contributed by atoms with E-state index in [9.17, 15) is 4.79 Å². The van der Waals surface area contributed by atoms with Crippen LogP contribution in [0.1, 0.15) is 24.3 Å². The van der Waals surface area contributed by atoms with Crippen molar-refractivity contribution in [2.75, 3.05) is 20.3 Å². The molecule has 2 aliphatic heterocycles. The van der Waals surface area contributed by atoms with Crippen LogP contribution in [0.15, 0.2) is 67.3 Å². The van der Waals surface area contributed by atoms with Gasteiger partial charge < -0.3 is 33.7 Å². The predicted octanol–water partition coefficient (Wildman–Crippen LogP) is 3.13. The van der Waals surface area contributed by atoms with Crippen LogP contribution in [-0.2, 0) is 35.1 Å². The molecule has 2 heterocycles. The molecule has 8 heteroatoms. The monoisotopic (exact) mass is 469 g/mol. The van der Waals surface area contributed by atoms with Gasteiger partial charge in [0.2, 0.25) is 5.91 Å². The van der Waals surface area contributed by atoms with Crippen LogP contribution in [-0.4, -0.2) is 56.9 Å². The fourth-order valence-electron chi connectivity index (χ4n) is 4.16. The number of fused-ring (bicyclic) bond motifs is 1. The number of carbonyl (C=O) groups is 1. The minimum Gasteiger partial charge on any atom is -0.497 e. The molecule has 1 amide bonds. The highest BCUT2D eigenvalue weighted by molar-refractivity contribution is 5.73. The molecule has 6 atom stereocenters. The summed E-state index contributed by atoms with van der Waals surface area (Å²) in [6.07, 6.45) is -1.15. The highest BCUT2D eigenvalue weighted by Gasteiger charge is 2.51. The number of amides is 1. The molecule has 2 aliphatic rings. The van der Waals surface area contributed by atoms with E-state index < -0.39 is 36.9 Å². The molecule has 2 fully saturated rings. The van der Waals surface area contributed by atoms with E-state index in [0.29, 0.717) is 13.2 Å². The third kappa shape index (κ3) is 5.84. The van der Waals surface area contributed by atoms with E-state index in [0.717, 1.165) is 16.9 Å². The van der Waals surface area contributed by atoms with Crippen molar-refractivity contribution in [3.63, 3.8) is 0 Å². The maximum Gasteiger partial charge on any atom is 0.217 e. The Labute approximate surface area is 199 Å². The van der Waals surface area contributed by atoms with Gasteiger partial charge in [0.15, 0.2) is 12.6 Å². The van der Waals surface area contributed by atoms with Crippen LogP contribution in [0.2, 0.25) is 0 Å². The average molecular weight is 470 g/mol. The van der Waals surface area contributed by atoms with Gasteiger partial charge in [-0.3, -0.25) is 4.79 Å². The van der Waals surface area contributed by atoms with Gasteiger partial charge in [-0.1, -0.05) is 48.5 Å². The van der Waals surface area contributed by atoms with Crippen molar-refractivity contribution < 1.29 is 33.2 Å². The van der Waals surface area contributed by atoms with E-state index in [4.69, 9.17) is 28.4 Å². The first-order valence-electron chi connectivity index (χ1n) is 11.3. The highest BCUT2D eigenvalue weighted by atomic mass is 16.7. The van der Waals surface area contributed by atoms with Crippen LogP contribution in [0.3, 0.4) is 0 Å². The second-order valence-corrected chi connectivity index (χ2v) is 8.19. The Balaban J connectivity index is 1.58. The fourth-order valence-corrected chi connectivity index (χ4v) is 4.16. The summed E-state index contributed by atoms with van der Waals surface area (Å²) in [5.74, 6) is 0.548. The smallest absolute Gasteiger partial charge is 0.217 e. The highest BCUT2D eigenvalue weighted by Crippen LogP contribution is 2.36. The number of methoxy groups -OCH3 is 1. The molecule has 0 saturated carbocycles. The van der Waals surface area contributed by atoms with E-state index in [2.05, 4.69) is 11.9 Å². The van der Waals surface area contributed by atoms with Crippen molar-refractivity contribution in [3.8, 4) is 5.75 Å². The first-order chi connectivity index (χ1) is 16.6. The van der Waals surface area contributed by atoms with Crippen LogP contribution in [0, 0.1) is 0 Å². The van der Waals surface area contributed by atoms with Crippen LogP contribution < -0.4 is 10.1 Å². The second kappa shape index (κ2) is 11.6. The lowest BCUT2D eigenvalue weighted by Crippen LogP contribution is -2.67. The molecule has 2 aromatic rings. The molecule has 0 aromatic heterocycles. The summed E-state index contributed by atoms with van der Waals surface area (Å²) in [6, 6.07) is 16.7. The quantitative estimate of drug-likeness (QED) is 0.565. The molecule has 2 saturated heterocycles. The molecule has 0 bridgehead atoms. The van der Waals surface area contributed by atoms with Gasteiger partial charge in [-0.05, 0) is 17.7 Å². The Hall–Kier alpha value is -2.75. The molecule has 1 N–H and O–H groups in total. The summed E-state index contributed by atoms with van der Waals surface area (Å²) in [6.45, 7) is 6.03. The largest absolute Gasteiger partial charge is 0.497 e. The molecule has 0 aliphatic carbocycles. The SMILES string of the molecule is C=CCO[C@@H]1O[C@@H]2CO[C@@H](c3ccccc3)O[C@H]2[C@H](OCc2ccc(OC)cc2)[C@H]1NC(C)=O. The van der Waals surface area contributed by atoms with Crippen LogP contribution in [0.4, 0.5) is 0 Å². The minimum atomic E-state index is -0.746. The molecule has 8 nitrogen and oxygen atoms in total. The van der Waals surface area contributed by atoms with Crippen molar-refractivity contribution in [1.82, 2.24) is 5.32 Å². The van der Waals surface area contributed by atoms with Gasteiger partial charge in [-0.25, -0.2) is 0 Å². The van der Waals surface area contributed by atoms with E-state index >= 15 is 0 Å². The summed E-state index contributed by atoms with van der Waals surface area (Å²) < 4.78 is 36.0. The zero-order chi connectivity index (χ0) is 23.9. The maximum absolute atomic E-state index is 12.1. The van der Waals surface area contributed by atoms with Gasteiger partial charge in [0.25, 0.3) is 0 Å². The van der Waals surface area contributed by atoms with Gasteiger partial charge in [-0.15, -0.1) is 6.58 Å².